The molecule has 3 amide bonds. The molecule has 1 aromatic rings. The number of halogens is 3. The molecule has 2 heterocycles. The van der Waals surface area contributed by atoms with Gasteiger partial charge in [-0.25, -0.2) is 4.98 Å². The minimum atomic E-state index is -4.67. The molecule has 3 N–H and O–H groups in total. The molecule has 33 heavy (non-hydrogen) atoms. The zero-order chi connectivity index (χ0) is 25.0. The van der Waals surface area contributed by atoms with E-state index >= 15 is 0 Å². The number of carbonyl (C=O) groups is 3. The number of carbonyl (C=O) groups excluding carboxylic acids is 3. The molecule has 1 fully saturated rings. The van der Waals surface area contributed by atoms with Gasteiger partial charge in [-0.2, -0.15) is 18.4 Å². The molecule has 1 aromatic heterocycles. The van der Waals surface area contributed by atoms with Crippen molar-refractivity contribution in [1.82, 2.24) is 20.9 Å². The van der Waals surface area contributed by atoms with E-state index in [9.17, 15) is 32.8 Å². The molecule has 1 saturated heterocycles. The van der Waals surface area contributed by atoms with E-state index in [1.54, 1.807) is 0 Å². The van der Waals surface area contributed by atoms with Gasteiger partial charge in [0.15, 0.2) is 5.01 Å². The fraction of sp³-hybridized carbons (Fsp3) is 0.667. The molecule has 0 aliphatic carbocycles. The highest BCUT2D eigenvalue weighted by Crippen LogP contribution is 2.34. The Kier molecular flexibility index (Phi) is 8.46. The molecule has 12 heteroatoms. The molecular formula is C21H28F3N5O3S. The summed E-state index contributed by atoms with van der Waals surface area (Å²) >= 11 is 0.358. The van der Waals surface area contributed by atoms with E-state index in [1.807, 2.05) is 26.8 Å². The SMILES string of the molecule is Cc1sc(C(F)(F)F)nc1C(=O)N[C@@H](CC(C)(C)C)C(=O)N[C@H](C#N)CC[C@@H]1CCNC1=O. The molecule has 182 valence electrons. The van der Waals surface area contributed by atoms with E-state index < -0.39 is 40.5 Å². The molecule has 0 unspecified atom stereocenters. The second-order valence-corrected chi connectivity index (χ2v) is 10.5. The minimum absolute atomic E-state index is 0.0762. The van der Waals surface area contributed by atoms with Crippen molar-refractivity contribution in [3.8, 4) is 6.07 Å². The minimum Gasteiger partial charge on any atom is -0.356 e. The Morgan fingerprint density at radius 3 is 2.45 bits per heavy atom. The second kappa shape index (κ2) is 10.5. The molecule has 1 aliphatic heterocycles. The normalized spacial score (nSPS) is 18.2. The Morgan fingerprint density at radius 1 is 1.30 bits per heavy atom. The van der Waals surface area contributed by atoms with Gasteiger partial charge in [0.25, 0.3) is 5.91 Å². The number of hydrogen-bond acceptors (Lipinski definition) is 6. The van der Waals surface area contributed by atoms with Crippen molar-refractivity contribution in [2.45, 2.75) is 71.6 Å². The first-order valence-electron chi connectivity index (χ1n) is 10.5. The molecule has 0 bridgehead atoms. The molecule has 2 rings (SSSR count). The molecule has 3 atom stereocenters. The van der Waals surface area contributed by atoms with Gasteiger partial charge in [0.2, 0.25) is 11.8 Å². The van der Waals surface area contributed by atoms with Crippen LogP contribution in [-0.2, 0) is 15.8 Å². The highest BCUT2D eigenvalue weighted by Gasteiger charge is 2.37. The number of alkyl halides is 3. The first-order chi connectivity index (χ1) is 15.2. The van der Waals surface area contributed by atoms with Crippen LogP contribution in [0.15, 0.2) is 0 Å². The van der Waals surface area contributed by atoms with Crippen LogP contribution in [0.1, 0.15) is 66.8 Å². The van der Waals surface area contributed by atoms with Gasteiger partial charge in [0, 0.05) is 17.3 Å². The summed E-state index contributed by atoms with van der Waals surface area (Å²) in [7, 11) is 0. The summed E-state index contributed by atoms with van der Waals surface area (Å²) in [5.41, 5.74) is -0.795. The lowest BCUT2D eigenvalue weighted by molar-refractivity contribution is -0.137. The monoisotopic (exact) mass is 487 g/mol. The van der Waals surface area contributed by atoms with Crippen molar-refractivity contribution < 1.29 is 27.6 Å². The number of aryl methyl sites for hydroxylation is 1. The van der Waals surface area contributed by atoms with Crippen molar-refractivity contribution in [3.05, 3.63) is 15.6 Å². The van der Waals surface area contributed by atoms with Crippen LogP contribution in [0.5, 0.6) is 0 Å². The van der Waals surface area contributed by atoms with Gasteiger partial charge in [0.05, 0.1) is 6.07 Å². The largest absolute Gasteiger partial charge is 0.443 e. The molecule has 8 nitrogen and oxygen atoms in total. The maximum Gasteiger partial charge on any atom is 0.443 e. The quantitative estimate of drug-likeness (QED) is 0.520. The Morgan fingerprint density at radius 2 is 1.97 bits per heavy atom. The van der Waals surface area contributed by atoms with Crippen LogP contribution in [0.2, 0.25) is 0 Å². The Labute approximate surface area is 194 Å². The first-order valence-corrected chi connectivity index (χ1v) is 11.4. The summed E-state index contributed by atoms with van der Waals surface area (Å²) in [5, 5.41) is 16.1. The Hall–Kier alpha value is -2.68. The van der Waals surface area contributed by atoms with Gasteiger partial charge < -0.3 is 16.0 Å². The van der Waals surface area contributed by atoms with E-state index in [-0.39, 0.29) is 35.2 Å². The van der Waals surface area contributed by atoms with Crippen LogP contribution in [0.3, 0.4) is 0 Å². The number of nitrogens with zero attached hydrogens (tertiary/aromatic N) is 2. The summed E-state index contributed by atoms with van der Waals surface area (Å²) < 4.78 is 38.8. The summed E-state index contributed by atoms with van der Waals surface area (Å²) in [6.45, 7) is 7.46. The smallest absolute Gasteiger partial charge is 0.356 e. The Bertz CT molecular complexity index is 933. The average molecular weight is 488 g/mol. The zero-order valence-electron chi connectivity index (χ0n) is 18.9. The predicted molar refractivity (Wildman–Crippen MR) is 115 cm³/mol. The number of aromatic nitrogens is 1. The third-order valence-electron chi connectivity index (χ3n) is 5.13. The summed E-state index contributed by atoms with van der Waals surface area (Å²) in [5.74, 6) is -1.80. The van der Waals surface area contributed by atoms with Crippen LogP contribution in [-0.4, -0.2) is 41.3 Å². The van der Waals surface area contributed by atoms with Crippen molar-refractivity contribution in [1.29, 1.82) is 5.26 Å². The van der Waals surface area contributed by atoms with Crippen molar-refractivity contribution >= 4 is 29.1 Å². The van der Waals surface area contributed by atoms with Gasteiger partial charge in [-0.15, -0.1) is 11.3 Å². The standard InChI is InChI=1S/C21H28F3N5O3S/c1-11-15(29-19(33-11)21(22,23)24)18(32)28-14(9-20(2,3)4)17(31)27-13(10-25)6-5-12-7-8-26-16(12)30/h12-14H,5-9H2,1-4H3,(H,26,30)(H,27,31)(H,28,32)/t12-,13+,14+/m1/s1. The van der Waals surface area contributed by atoms with Crippen LogP contribution < -0.4 is 16.0 Å². The van der Waals surface area contributed by atoms with E-state index in [4.69, 9.17) is 0 Å². The number of amides is 3. The van der Waals surface area contributed by atoms with Gasteiger partial charge in [-0.05, 0) is 38.0 Å². The maximum absolute atomic E-state index is 12.9. The van der Waals surface area contributed by atoms with Gasteiger partial charge >= 0.3 is 6.18 Å². The van der Waals surface area contributed by atoms with Gasteiger partial charge in [-0.3, -0.25) is 14.4 Å². The summed E-state index contributed by atoms with van der Waals surface area (Å²) in [6, 6.07) is 0.0347. The lowest BCUT2D eigenvalue weighted by Crippen LogP contribution is -2.51. The summed E-state index contributed by atoms with van der Waals surface area (Å²) in [4.78, 5) is 40.8. The number of rotatable bonds is 8. The van der Waals surface area contributed by atoms with Gasteiger partial charge in [-0.1, -0.05) is 20.8 Å². The predicted octanol–water partition coefficient (Wildman–Crippen LogP) is 2.93. The molecule has 1 aliphatic rings. The van der Waals surface area contributed by atoms with Crippen LogP contribution in [0.25, 0.3) is 0 Å². The highest BCUT2D eigenvalue weighted by molar-refractivity contribution is 7.12. The third kappa shape index (κ3) is 7.70. The third-order valence-corrected chi connectivity index (χ3v) is 6.15. The fourth-order valence-electron chi connectivity index (χ4n) is 3.51. The number of thiazole rings is 1. The Balaban J connectivity index is 2.10. The van der Waals surface area contributed by atoms with Crippen LogP contribution in [0, 0.1) is 29.6 Å². The molecule has 0 saturated carbocycles. The topological polar surface area (TPSA) is 124 Å². The van der Waals surface area contributed by atoms with E-state index in [0.29, 0.717) is 30.7 Å². The van der Waals surface area contributed by atoms with E-state index in [0.717, 1.165) is 0 Å². The lowest BCUT2D eigenvalue weighted by atomic mass is 9.87. The van der Waals surface area contributed by atoms with Crippen molar-refractivity contribution in [2.24, 2.45) is 11.3 Å². The average Bonchev–Trinajstić information content (AvgIpc) is 3.28. The summed E-state index contributed by atoms with van der Waals surface area (Å²) in [6.07, 6.45) is -3.13. The molecule has 0 radical (unpaired) electrons. The van der Waals surface area contributed by atoms with E-state index in [2.05, 4.69) is 20.9 Å². The zero-order valence-corrected chi connectivity index (χ0v) is 19.7. The molecule has 0 spiro atoms. The van der Waals surface area contributed by atoms with Crippen molar-refractivity contribution in [3.63, 3.8) is 0 Å². The van der Waals surface area contributed by atoms with Crippen molar-refractivity contribution in [2.75, 3.05) is 6.54 Å². The first kappa shape index (κ1) is 26.6. The maximum atomic E-state index is 12.9. The van der Waals surface area contributed by atoms with Gasteiger partial charge in [0.1, 0.15) is 17.8 Å². The van der Waals surface area contributed by atoms with Crippen LogP contribution in [0.4, 0.5) is 13.2 Å². The number of nitriles is 1. The fourth-order valence-corrected chi connectivity index (χ4v) is 4.28. The highest BCUT2D eigenvalue weighted by atomic mass is 32.1. The van der Waals surface area contributed by atoms with E-state index in [1.165, 1.54) is 6.92 Å². The van der Waals surface area contributed by atoms with Crippen LogP contribution >= 0.6 is 11.3 Å². The molecule has 0 aromatic carbocycles. The lowest BCUT2D eigenvalue weighted by Gasteiger charge is -2.27. The molecular weight excluding hydrogens is 459 g/mol. The second-order valence-electron chi connectivity index (χ2n) is 9.26. The number of hydrogen-bond donors (Lipinski definition) is 3. The number of nitrogens with one attached hydrogen (secondary N) is 3.